The zero-order valence-corrected chi connectivity index (χ0v) is 17.4. The molecule has 31 heavy (non-hydrogen) atoms. The van der Waals surface area contributed by atoms with E-state index in [0.29, 0.717) is 6.61 Å². The van der Waals surface area contributed by atoms with Crippen LogP contribution < -0.4 is 0 Å². The van der Waals surface area contributed by atoms with Gasteiger partial charge < -0.3 is 5.11 Å². The van der Waals surface area contributed by atoms with E-state index in [4.69, 9.17) is 9.94 Å². The largest absolute Gasteiger partial charge is 0.396 e. The van der Waals surface area contributed by atoms with Crippen LogP contribution in [0.25, 0.3) is 11.1 Å². The minimum atomic E-state index is -0.397. The van der Waals surface area contributed by atoms with E-state index in [0.717, 1.165) is 48.1 Å². The molecule has 0 heterocycles. The molecule has 0 atom stereocenters. The van der Waals surface area contributed by atoms with E-state index < -0.39 is 4.92 Å². The number of non-ortho nitro benzene ring substituents is 1. The van der Waals surface area contributed by atoms with Crippen LogP contribution in [-0.2, 0) is 4.84 Å². The molecule has 6 heteroatoms. The quantitative estimate of drug-likeness (QED) is 0.146. The molecule has 0 saturated carbocycles. The summed E-state index contributed by atoms with van der Waals surface area (Å²) in [6, 6.07) is 24.4. The Morgan fingerprint density at radius 3 is 1.94 bits per heavy atom. The highest BCUT2D eigenvalue weighted by Crippen LogP contribution is 2.25. The van der Waals surface area contributed by atoms with Crippen molar-refractivity contribution in [2.45, 2.75) is 25.7 Å². The Morgan fingerprint density at radius 2 is 1.35 bits per heavy atom. The van der Waals surface area contributed by atoms with Crippen molar-refractivity contribution in [3.8, 4) is 11.1 Å². The molecule has 0 radical (unpaired) electrons. The van der Waals surface area contributed by atoms with Gasteiger partial charge in [-0.25, -0.2) is 0 Å². The van der Waals surface area contributed by atoms with Gasteiger partial charge in [0, 0.05) is 41.2 Å². The molecule has 6 nitrogen and oxygen atoms in total. The highest BCUT2D eigenvalue weighted by atomic mass is 16.7. The molecule has 0 aliphatic rings. The number of aliphatic hydroxyl groups excluding tert-OH is 1. The van der Waals surface area contributed by atoms with Crippen molar-refractivity contribution in [3.63, 3.8) is 0 Å². The van der Waals surface area contributed by atoms with Gasteiger partial charge in [0.1, 0.15) is 0 Å². The van der Waals surface area contributed by atoms with Crippen LogP contribution in [0.3, 0.4) is 0 Å². The van der Waals surface area contributed by atoms with Gasteiger partial charge >= 0.3 is 0 Å². The lowest BCUT2D eigenvalue weighted by atomic mass is 10.1. The maximum absolute atomic E-state index is 10.8. The summed E-state index contributed by atoms with van der Waals surface area (Å²) in [5.74, 6) is 0. The maximum Gasteiger partial charge on any atom is 0.269 e. The van der Waals surface area contributed by atoms with Crippen molar-refractivity contribution in [3.05, 3.63) is 94.5 Å². The van der Waals surface area contributed by atoms with E-state index >= 15 is 0 Å². The number of benzene rings is 3. The Kier molecular flexibility index (Phi) is 8.31. The summed E-state index contributed by atoms with van der Waals surface area (Å²) in [6.07, 6.45) is 5.70. The number of rotatable bonds is 11. The molecule has 160 valence electrons. The van der Waals surface area contributed by atoms with Crippen molar-refractivity contribution in [2.24, 2.45) is 0 Å². The van der Waals surface area contributed by atoms with Gasteiger partial charge in [-0.2, -0.15) is 0 Å². The van der Waals surface area contributed by atoms with E-state index in [1.165, 1.54) is 12.1 Å². The second-order valence-electron chi connectivity index (χ2n) is 7.19. The van der Waals surface area contributed by atoms with Crippen LogP contribution in [0.2, 0.25) is 0 Å². The summed E-state index contributed by atoms with van der Waals surface area (Å²) in [5.41, 5.74) is 3.89. The molecular formula is C25H27N2O4+. The molecule has 0 spiro atoms. The predicted octanol–water partition coefficient (Wildman–Crippen LogP) is 5.51. The second kappa shape index (κ2) is 11.6. The van der Waals surface area contributed by atoms with Crippen molar-refractivity contribution in [1.82, 2.24) is 0 Å². The Morgan fingerprint density at radius 1 is 0.774 bits per heavy atom. The van der Waals surface area contributed by atoms with Gasteiger partial charge in [0.25, 0.3) is 11.4 Å². The highest BCUT2D eigenvalue weighted by molar-refractivity contribution is 5.76. The normalized spacial score (nSPS) is 11.3. The lowest BCUT2D eigenvalue weighted by molar-refractivity contribution is -0.725. The summed E-state index contributed by atoms with van der Waals surface area (Å²) in [7, 11) is 0. The Labute approximate surface area is 182 Å². The van der Waals surface area contributed by atoms with Gasteiger partial charge in [-0.15, -0.1) is 0 Å². The first kappa shape index (κ1) is 22.2. The van der Waals surface area contributed by atoms with E-state index in [1.807, 2.05) is 60.8 Å². The van der Waals surface area contributed by atoms with Crippen molar-refractivity contribution in [2.75, 3.05) is 13.2 Å². The minimum Gasteiger partial charge on any atom is -0.396 e. The van der Waals surface area contributed by atoms with Crippen molar-refractivity contribution in [1.29, 1.82) is 0 Å². The third-order valence-electron chi connectivity index (χ3n) is 4.88. The van der Waals surface area contributed by atoms with E-state index in [-0.39, 0.29) is 12.3 Å². The molecule has 3 aromatic carbocycles. The molecule has 0 aliphatic carbocycles. The smallest absolute Gasteiger partial charge is 0.269 e. The molecule has 0 fully saturated rings. The van der Waals surface area contributed by atoms with E-state index in [2.05, 4.69) is 0 Å². The molecule has 3 rings (SSSR count). The van der Waals surface area contributed by atoms with Gasteiger partial charge in [0.2, 0.25) is 6.21 Å². The number of hydrogen-bond acceptors (Lipinski definition) is 4. The number of nitro groups is 1. The third kappa shape index (κ3) is 6.76. The van der Waals surface area contributed by atoms with E-state index in [9.17, 15) is 10.1 Å². The number of hydrogen-bond donors (Lipinski definition) is 1. The van der Waals surface area contributed by atoms with Gasteiger partial charge in [0.05, 0.1) is 4.92 Å². The predicted molar refractivity (Wildman–Crippen MR) is 122 cm³/mol. The summed E-state index contributed by atoms with van der Waals surface area (Å²) >= 11 is 0. The lowest BCUT2D eigenvalue weighted by Gasteiger charge is -2.05. The van der Waals surface area contributed by atoms with Crippen molar-refractivity contribution >= 4 is 17.6 Å². The fourth-order valence-electron chi connectivity index (χ4n) is 3.17. The first-order chi connectivity index (χ1) is 15.2. The van der Waals surface area contributed by atoms with Gasteiger partial charge in [-0.1, -0.05) is 24.6 Å². The first-order valence-corrected chi connectivity index (χ1v) is 10.5. The molecule has 1 N–H and O–H groups in total. The van der Waals surface area contributed by atoms with Crippen LogP contribution in [0.15, 0.2) is 78.9 Å². The van der Waals surface area contributed by atoms with Gasteiger partial charge in [0.15, 0.2) is 6.61 Å². The molecule has 3 aromatic rings. The Hall–Kier alpha value is -3.51. The molecule has 0 aliphatic heterocycles. The fraction of sp³-hybridized carbons (Fsp3) is 0.240. The van der Waals surface area contributed by atoms with Crippen LogP contribution in [0, 0.1) is 10.1 Å². The average molecular weight is 420 g/mol. The van der Waals surface area contributed by atoms with Gasteiger partial charge in [-0.3, -0.25) is 15.0 Å². The number of nitrogens with zero attached hydrogens (tertiary/aromatic N) is 2. The summed E-state index contributed by atoms with van der Waals surface area (Å²) < 4.78 is 1.78. The Balaban J connectivity index is 1.75. The first-order valence-electron chi connectivity index (χ1n) is 10.5. The molecule has 0 amide bonds. The minimum absolute atomic E-state index is 0.0800. The lowest BCUT2D eigenvalue weighted by Crippen LogP contribution is -2.10. The maximum atomic E-state index is 10.8. The van der Waals surface area contributed by atoms with Crippen LogP contribution in [0.5, 0.6) is 0 Å². The van der Waals surface area contributed by atoms with Crippen LogP contribution >= 0.6 is 0 Å². The summed E-state index contributed by atoms with van der Waals surface area (Å²) in [4.78, 5) is 16.5. The number of nitro benzene ring substituents is 1. The fourth-order valence-corrected chi connectivity index (χ4v) is 3.17. The topological polar surface area (TPSA) is 75.6 Å². The molecule has 0 unspecified atom stereocenters. The Bertz CT molecular complexity index is 984. The number of unbranched alkanes of at least 4 members (excludes halogenated alkanes) is 3. The van der Waals surface area contributed by atoms with Crippen LogP contribution in [-0.4, -0.2) is 34.2 Å². The highest BCUT2D eigenvalue weighted by Gasteiger charge is 2.13. The monoisotopic (exact) mass is 419 g/mol. The summed E-state index contributed by atoms with van der Waals surface area (Å²) in [5, 5.41) is 19.7. The molecular weight excluding hydrogens is 392 g/mol. The molecule has 0 aromatic heterocycles. The molecule has 0 saturated heterocycles. The third-order valence-corrected chi connectivity index (χ3v) is 4.88. The van der Waals surface area contributed by atoms with Crippen LogP contribution in [0.4, 0.5) is 11.4 Å². The molecule has 0 bridgehead atoms. The SMILES string of the molecule is O=[N+]([O-])c1ccc(-c2ccc([N+](=Cc3ccccc3)OCCCCCCO)cc2)cc1. The average Bonchev–Trinajstić information content (AvgIpc) is 2.81. The van der Waals surface area contributed by atoms with Crippen LogP contribution in [0.1, 0.15) is 31.2 Å². The zero-order valence-electron chi connectivity index (χ0n) is 17.4. The van der Waals surface area contributed by atoms with Gasteiger partial charge in [-0.05, 0) is 66.8 Å². The zero-order chi connectivity index (χ0) is 21.9. The second-order valence-corrected chi connectivity index (χ2v) is 7.19. The van der Waals surface area contributed by atoms with Crippen molar-refractivity contribution < 1.29 is 19.6 Å². The standard InChI is InChI=1S/C25H27N2O4/c28-18-6-1-2-7-19-31-26(20-21-8-4-3-5-9-21)24-14-10-22(11-15-24)23-12-16-25(17-13-23)27(29)30/h3-5,8-17,20,28H,1-2,6-7,18-19H2/q+1. The number of aliphatic hydroxyl groups is 1. The summed E-state index contributed by atoms with van der Waals surface area (Å²) in [6.45, 7) is 0.814. The van der Waals surface area contributed by atoms with E-state index in [1.54, 1.807) is 16.9 Å².